The van der Waals surface area contributed by atoms with Gasteiger partial charge in [-0.05, 0) is 50.0 Å². The molecule has 0 N–H and O–H groups in total. The molecule has 0 aliphatic heterocycles. The Hall–Kier alpha value is -1.37. The minimum absolute atomic E-state index is 0.452. The second-order valence-corrected chi connectivity index (χ2v) is 5.79. The number of Topliss-reactive ketones (excluding diaryl/α,β-unsaturated/α-hetero) is 1. The number of hydrogen-bond acceptors (Lipinski definition) is 1. The van der Waals surface area contributed by atoms with Crippen LogP contribution in [-0.2, 0) is 11.2 Å². The number of ketones is 1. The molecule has 0 spiro atoms. The largest absolute Gasteiger partial charge is 0.300 e. The molecular formula is C18H24O. The molecule has 1 aromatic carbocycles. The molecule has 1 unspecified atom stereocenters. The van der Waals surface area contributed by atoms with Gasteiger partial charge in [-0.1, -0.05) is 42.5 Å². The third-order valence-electron chi connectivity index (χ3n) is 4.00. The van der Waals surface area contributed by atoms with E-state index in [1.807, 2.05) is 0 Å². The third-order valence-corrected chi connectivity index (χ3v) is 4.00. The summed E-state index contributed by atoms with van der Waals surface area (Å²) in [7, 11) is 0. The molecule has 1 fully saturated rings. The van der Waals surface area contributed by atoms with Crippen LogP contribution in [0.3, 0.4) is 0 Å². The molecule has 0 aromatic heterocycles. The molecule has 0 heterocycles. The van der Waals surface area contributed by atoms with Gasteiger partial charge in [0, 0.05) is 12.8 Å². The number of carbonyl (C=O) groups excluding carboxylic acids is 1. The Morgan fingerprint density at radius 3 is 2.79 bits per heavy atom. The van der Waals surface area contributed by atoms with E-state index in [2.05, 4.69) is 36.9 Å². The van der Waals surface area contributed by atoms with Gasteiger partial charge < -0.3 is 0 Å². The fourth-order valence-corrected chi connectivity index (χ4v) is 2.99. The van der Waals surface area contributed by atoms with Crippen LogP contribution in [0.5, 0.6) is 0 Å². The molecule has 102 valence electrons. The first-order chi connectivity index (χ1) is 9.24. The van der Waals surface area contributed by atoms with E-state index in [9.17, 15) is 4.79 Å². The van der Waals surface area contributed by atoms with Crippen LogP contribution < -0.4 is 0 Å². The molecule has 1 aliphatic rings. The van der Waals surface area contributed by atoms with Crippen LogP contribution in [0, 0.1) is 5.92 Å². The molecule has 0 amide bonds. The summed E-state index contributed by atoms with van der Waals surface area (Å²) in [4.78, 5) is 11.4. The van der Waals surface area contributed by atoms with Crippen LogP contribution in [0.15, 0.2) is 42.5 Å². The van der Waals surface area contributed by atoms with Gasteiger partial charge >= 0.3 is 0 Å². The van der Waals surface area contributed by atoms with Gasteiger partial charge in [0.25, 0.3) is 0 Å². The Bertz CT molecular complexity index is 419. The van der Waals surface area contributed by atoms with Crippen molar-refractivity contribution in [3.8, 4) is 0 Å². The average molecular weight is 256 g/mol. The zero-order chi connectivity index (χ0) is 13.5. The standard InChI is InChI=1S/C18H24O/c1-15(13-17-11-6-12-18(19)14-17)7-5-10-16-8-3-2-4-9-16/h2-4,8-9,17H,1,5-7,10-14H2. The van der Waals surface area contributed by atoms with Crippen molar-refractivity contribution < 1.29 is 4.79 Å². The lowest BCUT2D eigenvalue weighted by atomic mass is 9.83. The fourth-order valence-electron chi connectivity index (χ4n) is 2.99. The lowest BCUT2D eigenvalue weighted by Crippen LogP contribution is -2.15. The van der Waals surface area contributed by atoms with Crippen LogP contribution in [-0.4, -0.2) is 5.78 Å². The monoisotopic (exact) mass is 256 g/mol. The van der Waals surface area contributed by atoms with Crippen molar-refractivity contribution in [2.24, 2.45) is 5.92 Å². The van der Waals surface area contributed by atoms with E-state index in [0.29, 0.717) is 11.7 Å². The zero-order valence-corrected chi connectivity index (χ0v) is 11.7. The third kappa shape index (κ3) is 5.02. The van der Waals surface area contributed by atoms with Gasteiger partial charge in [-0.2, -0.15) is 0 Å². The molecule has 1 heteroatoms. The van der Waals surface area contributed by atoms with Crippen LogP contribution >= 0.6 is 0 Å². The molecule has 1 nitrogen and oxygen atoms in total. The summed E-state index contributed by atoms with van der Waals surface area (Å²) in [6.45, 7) is 4.19. The normalized spacial score (nSPS) is 19.4. The number of benzene rings is 1. The minimum Gasteiger partial charge on any atom is -0.300 e. The van der Waals surface area contributed by atoms with E-state index in [1.54, 1.807) is 0 Å². The average Bonchev–Trinajstić information content (AvgIpc) is 2.40. The Kier molecular flexibility index (Phi) is 5.38. The van der Waals surface area contributed by atoms with Crippen LogP contribution in [0.2, 0.25) is 0 Å². The molecule has 1 atom stereocenters. The summed E-state index contributed by atoms with van der Waals surface area (Å²) < 4.78 is 0. The molecule has 2 rings (SSSR count). The van der Waals surface area contributed by atoms with Crippen LogP contribution in [0.1, 0.15) is 50.5 Å². The van der Waals surface area contributed by atoms with Crippen molar-refractivity contribution in [3.63, 3.8) is 0 Å². The number of carbonyl (C=O) groups is 1. The van der Waals surface area contributed by atoms with Gasteiger partial charge in [0.15, 0.2) is 0 Å². The number of rotatable bonds is 6. The van der Waals surface area contributed by atoms with Crippen molar-refractivity contribution in [1.82, 2.24) is 0 Å². The molecule has 0 radical (unpaired) electrons. The Morgan fingerprint density at radius 2 is 2.05 bits per heavy atom. The Balaban J connectivity index is 1.66. The summed E-state index contributed by atoms with van der Waals surface area (Å²) in [6.07, 6.45) is 8.34. The Morgan fingerprint density at radius 1 is 1.26 bits per heavy atom. The smallest absolute Gasteiger partial charge is 0.133 e. The van der Waals surface area contributed by atoms with Crippen LogP contribution in [0.4, 0.5) is 0 Å². The maximum Gasteiger partial charge on any atom is 0.133 e. The topological polar surface area (TPSA) is 17.1 Å². The zero-order valence-electron chi connectivity index (χ0n) is 11.7. The van der Waals surface area contributed by atoms with Crippen molar-refractivity contribution in [1.29, 1.82) is 0 Å². The molecule has 19 heavy (non-hydrogen) atoms. The highest BCUT2D eigenvalue weighted by Gasteiger charge is 2.19. The van der Waals surface area contributed by atoms with Gasteiger partial charge in [-0.3, -0.25) is 4.79 Å². The predicted molar refractivity (Wildman–Crippen MR) is 80.1 cm³/mol. The van der Waals surface area contributed by atoms with Crippen molar-refractivity contribution in [2.75, 3.05) is 0 Å². The molecule has 1 aliphatic carbocycles. The second kappa shape index (κ2) is 7.28. The first-order valence-corrected chi connectivity index (χ1v) is 7.46. The lowest BCUT2D eigenvalue weighted by molar-refractivity contribution is -0.121. The van der Waals surface area contributed by atoms with E-state index in [-0.39, 0.29) is 0 Å². The van der Waals surface area contributed by atoms with Gasteiger partial charge in [0.1, 0.15) is 5.78 Å². The highest BCUT2D eigenvalue weighted by atomic mass is 16.1. The Labute approximate surface area is 116 Å². The van der Waals surface area contributed by atoms with Gasteiger partial charge in [0.2, 0.25) is 0 Å². The van der Waals surface area contributed by atoms with Gasteiger partial charge in [0.05, 0.1) is 0 Å². The summed E-state index contributed by atoms with van der Waals surface area (Å²) in [6, 6.07) is 10.6. The molecule has 1 saturated carbocycles. The number of allylic oxidation sites excluding steroid dienone is 1. The summed E-state index contributed by atoms with van der Waals surface area (Å²) in [5, 5.41) is 0. The maximum absolute atomic E-state index is 11.4. The van der Waals surface area contributed by atoms with E-state index >= 15 is 0 Å². The number of hydrogen-bond donors (Lipinski definition) is 0. The summed E-state index contributed by atoms with van der Waals surface area (Å²) in [5.41, 5.74) is 2.73. The highest BCUT2D eigenvalue weighted by Crippen LogP contribution is 2.28. The minimum atomic E-state index is 0.452. The molecule has 0 saturated heterocycles. The van der Waals surface area contributed by atoms with Gasteiger partial charge in [-0.25, -0.2) is 0 Å². The summed E-state index contributed by atoms with van der Waals surface area (Å²) in [5.74, 6) is 1.03. The SMILES string of the molecule is C=C(CCCc1ccccc1)CC1CCCC(=O)C1. The van der Waals surface area contributed by atoms with E-state index < -0.39 is 0 Å². The summed E-state index contributed by atoms with van der Waals surface area (Å²) >= 11 is 0. The molecule has 1 aromatic rings. The van der Waals surface area contributed by atoms with E-state index in [0.717, 1.165) is 38.5 Å². The fraction of sp³-hybridized carbons (Fsp3) is 0.500. The lowest BCUT2D eigenvalue weighted by Gasteiger charge is -2.21. The van der Waals surface area contributed by atoms with Gasteiger partial charge in [-0.15, -0.1) is 0 Å². The maximum atomic E-state index is 11.4. The van der Waals surface area contributed by atoms with Crippen molar-refractivity contribution in [2.45, 2.75) is 51.4 Å². The first kappa shape index (κ1) is 14.0. The predicted octanol–water partition coefficient (Wildman–Crippen LogP) is 4.71. The van der Waals surface area contributed by atoms with E-state index in [4.69, 9.17) is 0 Å². The molecule has 0 bridgehead atoms. The van der Waals surface area contributed by atoms with Crippen molar-refractivity contribution in [3.05, 3.63) is 48.0 Å². The van der Waals surface area contributed by atoms with E-state index in [1.165, 1.54) is 24.0 Å². The number of aryl methyl sites for hydroxylation is 1. The van der Waals surface area contributed by atoms with Crippen molar-refractivity contribution >= 4 is 5.78 Å². The highest BCUT2D eigenvalue weighted by molar-refractivity contribution is 5.79. The quantitative estimate of drug-likeness (QED) is 0.673. The second-order valence-electron chi connectivity index (χ2n) is 5.79. The molecular weight excluding hydrogens is 232 g/mol. The van der Waals surface area contributed by atoms with Crippen LogP contribution in [0.25, 0.3) is 0 Å². The first-order valence-electron chi connectivity index (χ1n) is 7.46.